The zero-order valence-corrected chi connectivity index (χ0v) is 23.5. The van der Waals surface area contributed by atoms with Crippen LogP contribution >= 0.6 is 0 Å². The topological polar surface area (TPSA) is 127 Å². The number of rotatable bonds is 6. The zero-order chi connectivity index (χ0) is 28.2. The summed E-state index contributed by atoms with van der Waals surface area (Å²) in [7, 11) is 3.33. The molecule has 3 heterocycles. The van der Waals surface area contributed by atoms with Crippen LogP contribution in [-0.2, 0) is 15.0 Å². The SMILES string of the molecule is CN=C(C(N)=O)C(=Nc1ccc(C2(C)CCN(C=O)CC2)cc1)N=C(C)N1CCCC(N2CCN(C)C2=O)C1. The molecule has 1 unspecified atom stereocenters. The monoisotopic (exact) mass is 536 g/mol. The molecule has 1 aromatic rings. The van der Waals surface area contributed by atoms with Crippen LogP contribution in [0.15, 0.2) is 39.2 Å². The van der Waals surface area contributed by atoms with Crippen molar-refractivity contribution in [3.63, 3.8) is 0 Å². The molecular weight excluding hydrogens is 496 g/mol. The van der Waals surface area contributed by atoms with Crippen molar-refractivity contribution >= 4 is 41.4 Å². The number of piperidine rings is 2. The fourth-order valence-corrected chi connectivity index (χ4v) is 5.66. The maximum Gasteiger partial charge on any atom is 0.320 e. The summed E-state index contributed by atoms with van der Waals surface area (Å²) in [6, 6.07) is 8.12. The number of amidine groups is 2. The number of likely N-dealkylation sites (tertiary alicyclic amines) is 2. The number of urea groups is 1. The van der Waals surface area contributed by atoms with Gasteiger partial charge in [-0.1, -0.05) is 19.1 Å². The van der Waals surface area contributed by atoms with Gasteiger partial charge < -0.3 is 25.3 Å². The largest absolute Gasteiger partial charge is 0.364 e. The summed E-state index contributed by atoms with van der Waals surface area (Å²) in [4.78, 5) is 57.0. The van der Waals surface area contributed by atoms with Crippen molar-refractivity contribution < 1.29 is 14.4 Å². The van der Waals surface area contributed by atoms with E-state index in [1.165, 1.54) is 12.6 Å². The Hall–Kier alpha value is -3.76. The first-order chi connectivity index (χ1) is 18.6. The second kappa shape index (κ2) is 12.0. The number of hydrogen-bond donors (Lipinski definition) is 1. The van der Waals surface area contributed by atoms with Crippen molar-refractivity contribution in [2.75, 3.05) is 53.4 Å². The number of aliphatic imine (C=N–C) groups is 3. The lowest BCUT2D eigenvalue weighted by atomic mass is 9.74. The number of nitrogens with zero attached hydrogens (tertiary/aromatic N) is 7. The van der Waals surface area contributed by atoms with Gasteiger partial charge in [0, 0.05) is 53.4 Å². The van der Waals surface area contributed by atoms with E-state index in [-0.39, 0.29) is 29.0 Å². The van der Waals surface area contributed by atoms with Gasteiger partial charge in [-0.25, -0.2) is 14.8 Å². The number of hydrogen-bond acceptors (Lipinski definition) is 5. The second-order valence-corrected chi connectivity index (χ2v) is 10.9. The van der Waals surface area contributed by atoms with Crippen LogP contribution in [0.1, 0.15) is 45.1 Å². The summed E-state index contributed by atoms with van der Waals surface area (Å²) in [6.45, 7) is 8.55. The fraction of sp³-hybridized carbons (Fsp3) is 0.571. The van der Waals surface area contributed by atoms with Crippen LogP contribution in [0.25, 0.3) is 0 Å². The molecule has 0 aromatic heterocycles. The highest BCUT2D eigenvalue weighted by Crippen LogP contribution is 2.35. The molecule has 0 bridgehead atoms. The summed E-state index contributed by atoms with van der Waals surface area (Å²) in [5.41, 5.74) is 7.47. The Morgan fingerprint density at radius 3 is 2.36 bits per heavy atom. The van der Waals surface area contributed by atoms with E-state index in [1.54, 1.807) is 4.90 Å². The Morgan fingerprint density at radius 1 is 1.10 bits per heavy atom. The lowest BCUT2D eigenvalue weighted by Crippen LogP contribution is -2.50. The first-order valence-electron chi connectivity index (χ1n) is 13.6. The summed E-state index contributed by atoms with van der Waals surface area (Å²) < 4.78 is 0. The first kappa shape index (κ1) is 28.3. The number of amides is 4. The predicted molar refractivity (Wildman–Crippen MR) is 153 cm³/mol. The summed E-state index contributed by atoms with van der Waals surface area (Å²) in [5.74, 6) is 0.174. The van der Waals surface area contributed by atoms with Crippen LogP contribution in [0.3, 0.4) is 0 Å². The van der Waals surface area contributed by atoms with Crippen LogP contribution in [-0.4, -0.2) is 115 Å². The molecule has 210 valence electrons. The third-order valence-electron chi connectivity index (χ3n) is 8.33. The molecule has 4 rings (SSSR count). The molecule has 0 aliphatic carbocycles. The number of primary amides is 1. The summed E-state index contributed by atoms with van der Waals surface area (Å²) in [6.07, 6.45) is 4.60. The van der Waals surface area contributed by atoms with Gasteiger partial charge in [-0.05, 0) is 55.7 Å². The minimum atomic E-state index is -0.693. The van der Waals surface area contributed by atoms with Gasteiger partial charge in [0.25, 0.3) is 5.91 Å². The van der Waals surface area contributed by atoms with Crippen molar-refractivity contribution in [3.05, 3.63) is 29.8 Å². The van der Waals surface area contributed by atoms with E-state index in [1.807, 2.05) is 35.9 Å². The van der Waals surface area contributed by atoms with Crippen LogP contribution in [0.5, 0.6) is 0 Å². The Morgan fingerprint density at radius 2 is 1.79 bits per heavy atom. The van der Waals surface area contributed by atoms with Gasteiger partial charge in [0.1, 0.15) is 5.84 Å². The van der Waals surface area contributed by atoms with Crippen LogP contribution in [0.2, 0.25) is 0 Å². The Labute approximate surface area is 230 Å². The zero-order valence-electron chi connectivity index (χ0n) is 23.5. The highest BCUT2D eigenvalue weighted by molar-refractivity contribution is 6.67. The van der Waals surface area contributed by atoms with E-state index in [4.69, 9.17) is 10.7 Å². The van der Waals surface area contributed by atoms with Gasteiger partial charge in [-0.2, -0.15) is 0 Å². The molecule has 0 radical (unpaired) electrons. The highest BCUT2D eigenvalue weighted by Gasteiger charge is 2.35. The van der Waals surface area contributed by atoms with E-state index >= 15 is 0 Å². The van der Waals surface area contributed by atoms with Crippen LogP contribution < -0.4 is 5.73 Å². The number of benzene rings is 1. The smallest absolute Gasteiger partial charge is 0.320 e. The van der Waals surface area contributed by atoms with E-state index < -0.39 is 5.91 Å². The first-order valence-corrected chi connectivity index (χ1v) is 13.6. The van der Waals surface area contributed by atoms with Crippen molar-refractivity contribution in [1.29, 1.82) is 0 Å². The Kier molecular flexibility index (Phi) is 8.66. The average molecular weight is 537 g/mol. The number of nitrogens with two attached hydrogens (primary N) is 1. The van der Waals surface area contributed by atoms with Crippen molar-refractivity contribution in [3.8, 4) is 0 Å². The molecule has 0 saturated carbocycles. The lowest BCUT2D eigenvalue weighted by Gasteiger charge is -2.38. The molecule has 1 aromatic carbocycles. The molecule has 4 amide bonds. The van der Waals surface area contributed by atoms with Crippen molar-refractivity contribution in [2.24, 2.45) is 20.7 Å². The minimum absolute atomic E-state index is 0.0107. The molecule has 2 N–H and O–H groups in total. The van der Waals surface area contributed by atoms with E-state index in [2.05, 4.69) is 33.9 Å². The molecule has 3 fully saturated rings. The van der Waals surface area contributed by atoms with Gasteiger partial charge in [0.05, 0.1) is 11.7 Å². The molecule has 3 aliphatic rings. The van der Waals surface area contributed by atoms with Crippen LogP contribution in [0, 0.1) is 0 Å². The normalized spacial score (nSPS) is 22.9. The van der Waals surface area contributed by atoms with Gasteiger partial charge >= 0.3 is 6.03 Å². The standard InChI is InChI=1S/C28H40N8O3/c1-20(35-13-5-6-23(18-35)36-17-16-33(4)27(36)39)31-26(24(30-3)25(29)38)32-22-9-7-21(8-10-22)28(2)11-14-34(19-37)15-12-28/h7-10,19,23H,5-6,11-18H2,1-4H3,(H2,29,38). The van der Waals surface area contributed by atoms with Crippen molar-refractivity contribution in [1.82, 2.24) is 19.6 Å². The average Bonchev–Trinajstić information content (AvgIpc) is 3.27. The van der Waals surface area contributed by atoms with Gasteiger partial charge in [0.2, 0.25) is 6.41 Å². The summed E-state index contributed by atoms with van der Waals surface area (Å²) in [5, 5.41) is 0. The van der Waals surface area contributed by atoms with Gasteiger partial charge in [-0.15, -0.1) is 0 Å². The Bertz CT molecular complexity index is 1170. The van der Waals surface area contributed by atoms with E-state index in [0.29, 0.717) is 18.1 Å². The molecule has 11 nitrogen and oxygen atoms in total. The van der Waals surface area contributed by atoms with E-state index in [9.17, 15) is 14.4 Å². The fourth-order valence-electron chi connectivity index (χ4n) is 5.66. The molecule has 1 atom stereocenters. The third kappa shape index (κ3) is 6.29. The predicted octanol–water partition coefficient (Wildman–Crippen LogP) is 2.03. The third-order valence-corrected chi connectivity index (χ3v) is 8.33. The Balaban J connectivity index is 1.55. The minimum Gasteiger partial charge on any atom is -0.364 e. The molecule has 11 heteroatoms. The maximum absolute atomic E-state index is 12.5. The lowest BCUT2D eigenvalue weighted by molar-refractivity contribution is -0.119. The molecule has 39 heavy (non-hydrogen) atoms. The number of carbonyl (C=O) groups is 3. The van der Waals surface area contributed by atoms with E-state index in [0.717, 1.165) is 64.8 Å². The maximum atomic E-state index is 12.5. The van der Waals surface area contributed by atoms with Crippen molar-refractivity contribution in [2.45, 2.75) is 51.0 Å². The number of carbonyl (C=O) groups excluding carboxylic acids is 3. The summed E-state index contributed by atoms with van der Waals surface area (Å²) >= 11 is 0. The molecular formula is C28H40N8O3. The second-order valence-electron chi connectivity index (χ2n) is 10.9. The van der Waals surface area contributed by atoms with Gasteiger partial charge in [0.15, 0.2) is 11.5 Å². The highest BCUT2D eigenvalue weighted by atomic mass is 16.2. The van der Waals surface area contributed by atoms with Gasteiger partial charge in [-0.3, -0.25) is 14.6 Å². The molecule has 3 saturated heterocycles. The molecule has 0 spiro atoms. The van der Waals surface area contributed by atoms with Crippen LogP contribution in [0.4, 0.5) is 10.5 Å². The molecule has 3 aliphatic heterocycles. The number of likely N-dealkylation sites (N-methyl/N-ethyl adjacent to an activating group) is 1. The quantitative estimate of drug-likeness (QED) is 0.339.